The number of carbonyl (C=O) groups excluding carboxylic acids is 1. The first-order chi connectivity index (χ1) is 9.45. The lowest BCUT2D eigenvalue weighted by Crippen LogP contribution is -2.36. The quantitative estimate of drug-likeness (QED) is 0.793. The van der Waals surface area contributed by atoms with Gasteiger partial charge >= 0.3 is 5.97 Å². The van der Waals surface area contributed by atoms with Gasteiger partial charge in [0.05, 0.1) is 18.4 Å². The first-order valence-corrected chi connectivity index (χ1v) is 6.20. The SMILES string of the molecule is COCC(C)C(=O)NCC(C(=O)O)c1ccc(F)cc1. The van der Waals surface area contributed by atoms with Crippen molar-refractivity contribution in [2.45, 2.75) is 12.8 Å². The lowest BCUT2D eigenvalue weighted by atomic mass is 9.99. The van der Waals surface area contributed by atoms with E-state index in [-0.39, 0.29) is 25.0 Å². The van der Waals surface area contributed by atoms with Gasteiger partial charge in [-0.25, -0.2) is 4.39 Å². The van der Waals surface area contributed by atoms with Crippen LogP contribution in [-0.2, 0) is 14.3 Å². The van der Waals surface area contributed by atoms with Crippen molar-refractivity contribution in [2.24, 2.45) is 5.92 Å². The Balaban J connectivity index is 2.67. The van der Waals surface area contributed by atoms with Crippen LogP contribution < -0.4 is 5.32 Å². The summed E-state index contributed by atoms with van der Waals surface area (Å²) in [6.07, 6.45) is 0. The summed E-state index contributed by atoms with van der Waals surface area (Å²) in [4.78, 5) is 22.9. The van der Waals surface area contributed by atoms with Gasteiger partial charge in [0.25, 0.3) is 0 Å². The standard InChI is InChI=1S/C14H18FNO4/c1-9(8-20-2)13(17)16-7-12(14(18)19)10-3-5-11(15)6-4-10/h3-6,9,12H,7-8H2,1-2H3,(H,16,17)(H,18,19). The number of hydrogen-bond acceptors (Lipinski definition) is 3. The van der Waals surface area contributed by atoms with Gasteiger partial charge in [-0.1, -0.05) is 19.1 Å². The number of rotatable bonds is 7. The van der Waals surface area contributed by atoms with Crippen molar-refractivity contribution in [2.75, 3.05) is 20.3 Å². The van der Waals surface area contributed by atoms with Crippen molar-refractivity contribution < 1.29 is 23.8 Å². The number of nitrogens with one attached hydrogen (secondary N) is 1. The van der Waals surface area contributed by atoms with E-state index >= 15 is 0 Å². The number of ether oxygens (including phenoxy) is 1. The van der Waals surface area contributed by atoms with E-state index in [9.17, 15) is 19.1 Å². The average molecular weight is 283 g/mol. The Morgan fingerprint density at radius 1 is 1.35 bits per heavy atom. The van der Waals surface area contributed by atoms with Crippen molar-refractivity contribution in [3.63, 3.8) is 0 Å². The summed E-state index contributed by atoms with van der Waals surface area (Å²) in [5.74, 6) is -3.05. The summed E-state index contributed by atoms with van der Waals surface area (Å²) >= 11 is 0. The maximum Gasteiger partial charge on any atom is 0.312 e. The van der Waals surface area contributed by atoms with Crippen LogP contribution in [0.1, 0.15) is 18.4 Å². The lowest BCUT2D eigenvalue weighted by molar-refractivity contribution is -0.138. The molecular formula is C14H18FNO4. The highest BCUT2D eigenvalue weighted by molar-refractivity contribution is 5.81. The zero-order valence-corrected chi connectivity index (χ0v) is 11.4. The maximum absolute atomic E-state index is 12.8. The highest BCUT2D eigenvalue weighted by Gasteiger charge is 2.22. The third-order valence-electron chi connectivity index (χ3n) is 2.92. The number of carboxylic acid groups (broad SMARTS) is 1. The summed E-state index contributed by atoms with van der Waals surface area (Å²) in [5.41, 5.74) is 0.443. The van der Waals surface area contributed by atoms with Crippen molar-refractivity contribution in [3.05, 3.63) is 35.6 Å². The highest BCUT2D eigenvalue weighted by Crippen LogP contribution is 2.16. The van der Waals surface area contributed by atoms with Gasteiger partial charge < -0.3 is 15.2 Å². The summed E-state index contributed by atoms with van der Waals surface area (Å²) in [5, 5.41) is 11.7. The Labute approximate surface area is 116 Å². The van der Waals surface area contributed by atoms with Gasteiger partial charge in [0, 0.05) is 13.7 Å². The minimum Gasteiger partial charge on any atom is -0.481 e. The van der Waals surface area contributed by atoms with E-state index in [0.717, 1.165) is 0 Å². The number of carboxylic acids is 1. The van der Waals surface area contributed by atoms with E-state index in [0.29, 0.717) is 5.56 Å². The topological polar surface area (TPSA) is 75.6 Å². The molecule has 0 heterocycles. The van der Waals surface area contributed by atoms with Gasteiger partial charge in [0.1, 0.15) is 5.82 Å². The average Bonchev–Trinajstić information content (AvgIpc) is 2.40. The summed E-state index contributed by atoms with van der Waals surface area (Å²) in [7, 11) is 1.49. The predicted molar refractivity (Wildman–Crippen MR) is 70.8 cm³/mol. The Morgan fingerprint density at radius 3 is 2.45 bits per heavy atom. The molecule has 2 unspecified atom stereocenters. The molecular weight excluding hydrogens is 265 g/mol. The number of aliphatic carboxylic acids is 1. The van der Waals surface area contributed by atoms with E-state index < -0.39 is 17.7 Å². The van der Waals surface area contributed by atoms with E-state index in [4.69, 9.17) is 4.74 Å². The van der Waals surface area contributed by atoms with E-state index in [2.05, 4.69) is 5.32 Å². The molecule has 0 saturated carbocycles. The van der Waals surface area contributed by atoms with Crippen molar-refractivity contribution in [3.8, 4) is 0 Å². The minimum absolute atomic E-state index is 0.0478. The second-order valence-electron chi connectivity index (χ2n) is 4.54. The molecule has 6 heteroatoms. The Kier molecular flexibility index (Phi) is 6.11. The second-order valence-corrected chi connectivity index (χ2v) is 4.54. The molecule has 0 saturated heterocycles. The van der Waals surface area contributed by atoms with Crippen LogP contribution in [-0.4, -0.2) is 37.2 Å². The van der Waals surface area contributed by atoms with Gasteiger partial charge in [0.2, 0.25) is 5.91 Å². The van der Waals surface area contributed by atoms with E-state index in [1.807, 2.05) is 0 Å². The fraction of sp³-hybridized carbons (Fsp3) is 0.429. The molecule has 0 spiro atoms. The zero-order chi connectivity index (χ0) is 15.1. The summed E-state index contributed by atoms with van der Waals surface area (Å²) < 4.78 is 17.7. The minimum atomic E-state index is -1.07. The highest BCUT2D eigenvalue weighted by atomic mass is 19.1. The van der Waals surface area contributed by atoms with Crippen LogP contribution in [0.2, 0.25) is 0 Å². The number of amides is 1. The van der Waals surface area contributed by atoms with Gasteiger partial charge in [-0.15, -0.1) is 0 Å². The van der Waals surface area contributed by atoms with E-state index in [1.54, 1.807) is 6.92 Å². The Hall–Kier alpha value is -1.95. The molecule has 1 aromatic rings. The third-order valence-corrected chi connectivity index (χ3v) is 2.92. The van der Waals surface area contributed by atoms with Gasteiger partial charge in [0.15, 0.2) is 0 Å². The summed E-state index contributed by atoms with van der Waals surface area (Å²) in [6, 6.07) is 5.19. The van der Waals surface area contributed by atoms with Crippen LogP contribution in [0.3, 0.4) is 0 Å². The lowest BCUT2D eigenvalue weighted by Gasteiger charge is -2.16. The molecule has 0 bridgehead atoms. The Bertz CT molecular complexity index is 461. The molecule has 0 aromatic heterocycles. The van der Waals surface area contributed by atoms with Crippen LogP contribution in [0.15, 0.2) is 24.3 Å². The van der Waals surface area contributed by atoms with Gasteiger partial charge in [-0.05, 0) is 17.7 Å². The molecule has 2 atom stereocenters. The van der Waals surface area contributed by atoms with Crippen LogP contribution in [0.4, 0.5) is 4.39 Å². The first kappa shape index (κ1) is 16.1. The molecule has 0 aliphatic carbocycles. The normalized spacial score (nSPS) is 13.6. The molecule has 0 radical (unpaired) electrons. The number of benzene rings is 1. The predicted octanol–water partition coefficient (Wildman–Crippen LogP) is 1.39. The zero-order valence-electron chi connectivity index (χ0n) is 11.4. The molecule has 1 aromatic carbocycles. The molecule has 1 amide bonds. The molecule has 2 N–H and O–H groups in total. The summed E-state index contributed by atoms with van der Waals surface area (Å²) in [6.45, 7) is 1.90. The van der Waals surface area contributed by atoms with Crippen LogP contribution in [0.25, 0.3) is 0 Å². The van der Waals surface area contributed by atoms with Crippen LogP contribution in [0.5, 0.6) is 0 Å². The molecule has 110 valence electrons. The van der Waals surface area contributed by atoms with E-state index in [1.165, 1.54) is 31.4 Å². The fourth-order valence-corrected chi connectivity index (χ4v) is 1.75. The fourth-order valence-electron chi connectivity index (χ4n) is 1.75. The molecule has 0 aliphatic heterocycles. The van der Waals surface area contributed by atoms with Crippen LogP contribution >= 0.6 is 0 Å². The van der Waals surface area contributed by atoms with Crippen molar-refractivity contribution in [1.29, 1.82) is 0 Å². The number of carbonyl (C=O) groups is 2. The molecule has 20 heavy (non-hydrogen) atoms. The molecule has 0 fully saturated rings. The molecule has 1 rings (SSSR count). The van der Waals surface area contributed by atoms with Crippen LogP contribution in [0, 0.1) is 11.7 Å². The van der Waals surface area contributed by atoms with Gasteiger partial charge in [-0.3, -0.25) is 9.59 Å². The molecule has 0 aliphatic rings. The van der Waals surface area contributed by atoms with Gasteiger partial charge in [-0.2, -0.15) is 0 Å². The monoisotopic (exact) mass is 283 g/mol. The number of methoxy groups -OCH3 is 1. The first-order valence-electron chi connectivity index (χ1n) is 6.20. The third kappa shape index (κ3) is 4.62. The second kappa shape index (κ2) is 7.59. The Morgan fingerprint density at radius 2 is 1.95 bits per heavy atom. The molecule has 5 nitrogen and oxygen atoms in total. The van der Waals surface area contributed by atoms with Crippen molar-refractivity contribution >= 4 is 11.9 Å². The number of hydrogen-bond donors (Lipinski definition) is 2. The largest absolute Gasteiger partial charge is 0.481 e. The van der Waals surface area contributed by atoms with Crippen molar-refractivity contribution in [1.82, 2.24) is 5.32 Å². The maximum atomic E-state index is 12.8. The number of halogens is 1. The smallest absolute Gasteiger partial charge is 0.312 e.